The van der Waals surface area contributed by atoms with Crippen LogP contribution in [0.2, 0.25) is 0 Å². The summed E-state index contributed by atoms with van der Waals surface area (Å²) < 4.78 is 0. The van der Waals surface area contributed by atoms with Crippen molar-refractivity contribution in [2.45, 2.75) is 0 Å². The molecule has 16 heavy (non-hydrogen) atoms. The lowest BCUT2D eigenvalue weighted by Crippen LogP contribution is -2.44. The first-order valence-electron chi connectivity index (χ1n) is 5.58. The molecule has 3 heteroatoms. The Hall–Kier alpha value is -1.48. The van der Waals surface area contributed by atoms with Crippen LogP contribution in [-0.4, -0.2) is 43.2 Å². The van der Waals surface area contributed by atoms with Gasteiger partial charge >= 0.3 is 0 Å². The Labute approximate surface area is 96.6 Å². The van der Waals surface area contributed by atoms with E-state index in [-0.39, 0.29) is 5.76 Å². The third-order valence-electron chi connectivity index (χ3n) is 3.07. The summed E-state index contributed by atoms with van der Waals surface area (Å²) >= 11 is 0. The smallest absolute Gasteiger partial charge is 0.115 e. The van der Waals surface area contributed by atoms with Gasteiger partial charge in [-0.3, -0.25) is 0 Å². The minimum absolute atomic E-state index is 0.130. The largest absolute Gasteiger partial charge is 0.508 e. The molecule has 0 aliphatic carbocycles. The van der Waals surface area contributed by atoms with Crippen LogP contribution in [0.15, 0.2) is 30.8 Å². The lowest BCUT2D eigenvalue weighted by atomic mass is 10.1. The highest BCUT2D eigenvalue weighted by Crippen LogP contribution is 2.19. The molecule has 1 saturated heterocycles. The van der Waals surface area contributed by atoms with Crippen molar-refractivity contribution in [3.63, 3.8) is 0 Å². The van der Waals surface area contributed by atoms with Gasteiger partial charge in [0.2, 0.25) is 0 Å². The molecule has 0 atom stereocenters. The number of hydrogen-bond acceptors (Lipinski definition) is 3. The fourth-order valence-corrected chi connectivity index (χ4v) is 1.93. The van der Waals surface area contributed by atoms with Crippen molar-refractivity contribution in [2.24, 2.45) is 0 Å². The van der Waals surface area contributed by atoms with Crippen LogP contribution in [0.5, 0.6) is 0 Å². The van der Waals surface area contributed by atoms with Crippen LogP contribution in [0.4, 0.5) is 5.69 Å². The maximum atomic E-state index is 9.24. The summed E-state index contributed by atoms with van der Waals surface area (Å²) in [4.78, 5) is 4.70. The Morgan fingerprint density at radius 3 is 2.19 bits per heavy atom. The molecule has 0 unspecified atom stereocenters. The molecule has 1 fully saturated rings. The standard InChI is InChI=1S/C13H18N2O/c1-11(16)12-3-5-13(6-4-12)15-9-7-14(2)8-10-15/h3-6,16H,1,7-10H2,2H3. The third-order valence-corrected chi connectivity index (χ3v) is 3.07. The summed E-state index contributed by atoms with van der Waals surface area (Å²) in [5, 5.41) is 9.24. The summed E-state index contributed by atoms with van der Waals surface area (Å²) in [7, 11) is 2.15. The van der Waals surface area contributed by atoms with Crippen molar-refractivity contribution in [1.29, 1.82) is 0 Å². The van der Waals surface area contributed by atoms with Gasteiger partial charge in [0.1, 0.15) is 5.76 Å². The van der Waals surface area contributed by atoms with Crippen molar-refractivity contribution in [3.05, 3.63) is 36.4 Å². The molecule has 1 aliphatic rings. The van der Waals surface area contributed by atoms with E-state index >= 15 is 0 Å². The van der Waals surface area contributed by atoms with Crippen LogP contribution in [-0.2, 0) is 0 Å². The highest BCUT2D eigenvalue weighted by Gasteiger charge is 2.13. The van der Waals surface area contributed by atoms with Crippen molar-refractivity contribution < 1.29 is 5.11 Å². The Balaban J connectivity index is 2.07. The van der Waals surface area contributed by atoms with Crippen LogP contribution in [0.1, 0.15) is 5.56 Å². The molecule has 86 valence electrons. The van der Waals surface area contributed by atoms with Gasteiger partial charge in [0.05, 0.1) is 0 Å². The second-order valence-electron chi connectivity index (χ2n) is 4.28. The number of hydrogen-bond donors (Lipinski definition) is 1. The van der Waals surface area contributed by atoms with Crippen LogP contribution < -0.4 is 4.90 Å². The van der Waals surface area contributed by atoms with E-state index in [9.17, 15) is 5.11 Å². The molecule has 0 aromatic heterocycles. The fraction of sp³-hybridized carbons (Fsp3) is 0.385. The average molecular weight is 218 g/mol. The van der Waals surface area contributed by atoms with Crippen LogP contribution >= 0.6 is 0 Å². The van der Waals surface area contributed by atoms with E-state index in [4.69, 9.17) is 0 Å². The quantitative estimate of drug-likeness (QED) is 0.769. The Morgan fingerprint density at radius 1 is 1.12 bits per heavy atom. The molecular weight excluding hydrogens is 200 g/mol. The number of piperazine rings is 1. The molecule has 1 aliphatic heterocycles. The topological polar surface area (TPSA) is 26.7 Å². The van der Waals surface area contributed by atoms with Crippen molar-refractivity contribution in [2.75, 3.05) is 38.1 Å². The van der Waals surface area contributed by atoms with Gasteiger partial charge in [0, 0.05) is 37.4 Å². The van der Waals surface area contributed by atoms with Gasteiger partial charge in [0.25, 0.3) is 0 Å². The van der Waals surface area contributed by atoms with Crippen LogP contribution in [0, 0.1) is 0 Å². The normalized spacial score (nSPS) is 17.4. The van der Waals surface area contributed by atoms with E-state index in [2.05, 4.69) is 23.4 Å². The maximum Gasteiger partial charge on any atom is 0.115 e. The van der Waals surface area contributed by atoms with E-state index in [0.29, 0.717) is 0 Å². The van der Waals surface area contributed by atoms with Gasteiger partial charge in [-0.1, -0.05) is 6.58 Å². The van der Waals surface area contributed by atoms with Crippen molar-refractivity contribution in [1.82, 2.24) is 4.90 Å². The predicted octanol–water partition coefficient (Wildman–Crippen LogP) is 1.97. The average Bonchev–Trinajstić information content (AvgIpc) is 2.30. The molecule has 1 aromatic carbocycles. The van der Waals surface area contributed by atoms with E-state index in [1.165, 1.54) is 5.69 Å². The van der Waals surface area contributed by atoms with Crippen LogP contribution in [0.3, 0.4) is 0 Å². The van der Waals surface area contributed by atoms with Gasteiger partial charge in [-0.2, -0.15) is 0 Å². The highest BCUT2D eigenvalue weighted by atomic mass is 16.3. The van der Waals surface area contributed by atoms with E-state index in [1.807, 2.05) is 24.3 Å². The van der Waals surface area contributed by atoms with Gasteiger partial charge in [-0.05, 0) is 31.3 Å². The molecule has 2 rings (SSSR count). The molecule has 0 amide bonds. The second kappa shape index (κ2) is 4.58. The highest BCUT2D eigenvalue weighted by molar-refractivity contribution is 5.60. The first-order chi connectivity index (χ1) is 7.66. The Morgan fingerprint density at radius 2 is 1.69 bits per heavy atom. The number of rotatable bonds is 2. The van der Waals surface area contributed by atoms with E-state index in [0.717, 1.165) is 31.7 Å². The summed E-state index contributed by atoms with van der Waals surface area (Å²) in [6.07, 6.45) is 0. The molecular formula is C13H18N2O. The molecule has 0 radical (unpaired) electrons. The minimum atomic E-state index is 0.130. The summed E-state index contributed by atoms with van der Waals surface area (Å²) in [6.45, 7) is 7.85. The molecule has 0 spiro atoms. The molecule has 1 heterocycles. The molecule has 0 bridgehead atoms. The molecule has 0 saturated carbocycles. The van der Waals surface area contributed by atoms with Crippen molar-refractivity contribution in [3.8, 4) is 0 Å². The van der Waals surface area contributed by atoms with Gasteiger partial charge in [-0.25, -0.2) is 0 Å². The van der Waals surface area contributed by atoms with E-state index < -0.39 is 0 Å². The zero-order valence-electron chi connectivity index (χ0n) is 9.69. The Kier molecular flexibility index (Phi) is 3.15. The fourth-order valence-electron chi connectivity index (χ4n) is 1.93. The Bertz CT molecular complexity index is 364. The first-order valence-corrected chi connectivity index (χ1v) is 5.58. The summed E-state index contributed by atoms with van der Waals surface area (Å²) in [5.41, 5.74) is 2.01. The van der Waals surface area contributed by atoms with Crippen molar-refractivity contribution >= 4 is 11.4 Å². The second-order valence-corrected chi connectivity index (χ2v) is 4.28. The van der Waals surface area contributed by atoms with E-state index in [1.54, 1.807) is 0 Å². The zero-order chi connectivity index (χ0) is 11.5. The maximum absolute atomic E-state index is 9.24. The molecule has 1 N–H and O–H groups in total. The summed E-state index contributed by atoms with van der Waals surface area (Å²) in [5.74, 6) is 0.130. The molecule has 3 nitrogen and oxygen atoms in total. The summed E-state index contributed by atoms with van der Waals surface area (Å²) in [6, 6.07) is 7.91. The van der Waals surface area contributed by atoms with Gasteiger partial charge in [0.15, 0.2) is 0 Å². The first kappa shape index (κ1) is 11.0. The number of likely N-dealkylation sites (N-methyl/N-ethyl adjacent to an activating group) is 1. The number of nitrogens with zero attached hydrogens (tertiary/aromatic N) is 2. The number of aliphatic hydroxyl groups is 1. The van der Waals surface area contributed by atoms with Crippen LogP contribution in [0.25, 0.3) is 5.76 Å². The monoisotopic (exact) mass is 218 g/mol. The third kappa shape index (κ3) is 2.36. The lowest BCUT2D eigenvalue weighted by molar-refractivity contribution is 0.313. The number of benzene rings is 1. The minimum Gasteiger partial charge on any atom is -0.508 e. The zero-order valence-corrected chi connectivity index (χ0v) is 9.69. The van der Waals surface area contributed by atoms with Gasteiger partial charge in [-0.15, -0.1) is 0 Å². The lowest BCUT2D eigenvalue weighted by Gasteiger charge is -2.34. The van der Waals surface area contributed by atoms with Gasteiger partial charge < -0.3 is 14.9 Å². The number of aliphatic hydroxyl groups excluding tert-OH is 1. The number of anilines is 1. The predicted molar refractivity (Wildman–Crippen MR) is 67.8 cm³/mol. The SMILES string of the molecule is C=C(O)c1ccc(N2CCN(C)CC2)cc1. The molecule has 1 aromatic rings.